The molecule has 8 rings (SSSR count). The number of aryl methyl sites for hydroxylation is 2. The first-order valence-electron chi connectivity index (χ1n) is 22.4. The summed E-state index contributed by atoms with van der Waals surface area (Å²) in [5.74, 6) is 0.466. The first kappa shape index (κ1) is 35.2. The Balaban J connectivity index is 0.000000326. The molecular weight excluding hydrogens is 906 g/mol. The molecule has 0 saturated heterocycles. The average Bonchev–Trinajstić information content (AvgIpc) is 3.64. The van der Waals surface area contributed by atoms with E-state index in [0.717, 1.165) is 27.9 Å². The standard InChI is InChI=1S/C38H33N2O.C15H15FN.Ir/c1-22(2)30-8-7-9-31(23(3)4)36(30)27-13-11-26(12-14-27)28-18-19-40-34(20-28)32-16-10-24(5)35-33-17-15-29(21-39)25(6)37(33)41-38(32)35;1-15(2,3)12-6-9-14(17-10-12)11-4-7-13(16)8-5-11;/h7-15,17-20,22-23H,1-6H3;4,6-10H,1-3H3;/q2*-1;/i5D3,6D3;;. The van der Waals surface area contributed by atoms with Crippen LogP contribution in [-0.4, -0.2) is 9.97 Å². The van der Waals surface area contributed by atoms with E-state index in [-0.39, 0.29) is 64.6 Å². The smallest absolute Gasteiger partial charge is 0.125 e. The van der Waals surface area contributed by atoms with Crippen molar-refractivity contribution >= 4 is 21.9 Å². The summed E-state index contributed by atoms with van der Waals surface area (Å²) in [6.45, 7) is 10.1. The molecule has 3 heterocycles. The van der Waals surface area contributed by atoms with E-state index in [1.54, 1.807) is 18.3 Å². The van der Waals surface area contributed by atoms with E-state index in [1.165, 1.54) is 46.5 Å². The van der Waals surface area contributed by atoms with Crippen LogP contribution < -0.4 is 0 Å². The number of furan rings is 1. The summed E-state index contributed by atoms with van der Waals surface area (Å²) in [7, 11) is 0. The summed E-state index contributed by atoms with van der Waals surface area (Å²) in [5, 5.41) is 10.2. The van der Waals surface area contributed by atoms with Crippen molar-refractivity contribution in [2.45, 2.75) is 79.4 Å². The van der Waals surface area contributed by atoms with Crippen LogP contribution in [-0.2, 0) is 25.5 Å². The third kappa shape index (κ3) is 8.84. The fourth-order valence-corrected chi connectivity index (χ4v) is 7.19. The average molecular weight is 960 g/mol. The van der Waals surface area contributed by atoms with Gasteiger partial charge in [0.05, 0.1) is 17.2 Å². The Morgan fingerprint density at radius 3 is 2.08 bits per heavy atom. The summed E-state index contributed by atoms with van der Waals surface area (Å²) < 4.78 is 67.9. The van der Waals surface area contributed by atoms with Gasteiger partial charge in [0.25, 0.3) is 0 Å². The maximum Gasteiger partial charge on any atom is 0.125 e. The second-order valence-electron chi connectivity index (χ2n) is 16.1. The first-order valence-corrected chi connectivity index (χ1v) is 19.4. The van der Waals surface area contributed by atoms with E-state index in [9.17, 15) is 9.65 Å². The molecule has 0 saturated carbocycles. The van der Waals surface area contributed by atoms with E-state index in [0.29, 0.717) is 28.5 Å². The summed E-state index contributed by atoms with van der Waals surface area (Å²) in [6.07, 6.45) is 3.54. The van der Waals surface area contributed by atoms with Crippen molar-refractivity contribution in [2.24, 2.45) is 0 Å². The molecule has 3 aromatic heterocycles. The molecule has 0 amide bonds. The van der Waals surface area contributed by atoms with Crippen LogP contribution in [0.4, 0.5) is 4.39 Å². The van der Waals surface area contributed by atoms with Crippen LogP contribution in [0.5, 0.6) is 0 Å². The maximum atomic E-state index is 12.8. The SMILES string of the molecule is CC(C)(C)c1ccc(-c2[c-]cc(F)cc2)nc1.[2H]C([2H])([2H])c1c(C#N)ccc2c1oc1c(-c3cc(-c4ccc(-c5c(C(C)C)cccc5C(C)C)cc4)ccn3)[c-]cc(C([2H])([2H])[2H])c12.[Ir]. The van der Waals surface area contributed by atoms with Gasteiger partial charge in [-0.15, -0.1) is 47.5 Å². The number of aromatic nitrogens is 2. The number of hydrogen-bond donors (Lipinski definition) is 0. The summed E-state index contributed by atoms with van der Waals surface area (Å²) in [5.41, 5.74) is 10.5. The molecule has 0 bridgehead atoms. The zero-order valence-electron chi connectivity index (χ0n) is 40.1. The molecule has 59 heavy (non-hydrogen) atoms. The van der Waals surface area contributed by atoms with Crippen LogP contribution in [0.15, 0.2) is 120 Å². The molecule has 0 aliphatic heterocycles. The van der Waals surface area contributed by atoms with E-state index in [4.69, 9.17) is 12.6 Å². The number of rotatable bonds is 6. The third-order valence-corrected chi connectivity index (χ3v) is 10.4. The topological polar surface area (TPSA) is 62.7 Å². The molecule has 0 aliphatic carbocycles. The molecule has 0 spiro atoms. The van der Waals surface area contributed by atoms with Gasteiger partial charge in [-0.25, -0.2) is 0 Å². The Bertz CT molecular complexity index is 2990. The van der Waals surface area contributed by atoms with E-state index >= 15 is 0 Å². The number of nitrogens with zero attached hydrogens (tertiary/aromatic N) is 3. The van der Waals surface area contributed by atoms with Crippen molar-refractivity contribution in [1.82, 2.24) is 9.97 Å². The Hall–Kier alpha value is -5.73. The molecule has 0 unspecified atom stereocenters. The van der Waals surface area contributed by atoms with Crippen LogP contribution in [0.2, 0.25) is 0 Å². The minimum atomic E-state index is -2.67. The molecule has 299 valence electrons. The van der Waals surface area contributed by atoms with Gasteiger partial charge in [-0.3, -0.25) is 4.39 Å². The quantitative estimate of drug-likeness (QED) is 0.156. The van der Waals surface area contributed by atoms with Crippen LogP contribution in [0.25, 0.3) is 66.7 Å². The zero-order valence-corrected chi connectivity index (χ0v) is 36.5. The summed E-state index contributed by atoms with van der Waals surface area (Å²) >= 11 is 0. The van der Waals surface area contributed by atoms with E-state index in [1.807, 2.05) is 30.5 Å². The normalized spacial score (nSPS) is 13.3. The molecule has 0 atom stereocenters. The molecule has 0 N–H and O–H groups in total. The Labute approximate surface area is 370 Å². The number of benzene rings is 5. The van der Waals surface area contributed by atoms with Crippen molar-refractivity contribution in [3.8, 4) is 50.8 Å². The van der Waals surface area contributed by atoms with Crippen LogP contribution in [0, 0.1) is 43.0 Å². The number of pyridine rings is 2. The van der Waals surface area contributed by atoms with E-state index in [2.05, 4.69) is 119 Å². The minimum Gasteiger partial charge on any atom is -0.500 e. The molecule has 1 radical (unpaired) electrons. The van der Waals surface area contributed by atoms with Crippen molar-refractivity contribution in [2.75, 3.05) is 0 Å². The van der Waals surface area contributed by atoms with Crippen molar-refractivity contribution in [3.63, 3.8) is 0 Å². The molecule has 4 nitrogen and oxygen atoms in total. The number of nitriles is 1. The Kier molecular flexibility index (Phi) is 10.5. The maximum absolute atomic E-state index is 12.8. The molecule has 5 aromatic carbocycles. The summed E-state index contributed by atoms with van der Waals surface area (Å²) in [4.78, 5) is 8.98. The molecular formula is C53H48FIrN3O-2. The first-order chi connectivity index (χ1) is 30.2. The van der Waals surface area contributed by atoms with Crippen LogP contribution >= 0.6 is 0 Å². The van der Waals surface area contributed by atoms with Crippen molar-refractivity contribution in [1.29, 1.82) is 5.26 Å². The van der Waals surface area contributed by atoms with Gasteiger partial charge in [-0.2, -0.15) is 5.26 Å². The van der Waals surface area contributed by atoms with Gasteiger partial charge in [0, 0.05) is 57.5 Å². The van der Waals surface area contributed by atoms with Gasteiger partial charge < -0.3 is 14.4 Å². The third-order valence-electron chi connectivity index (χ3n) is 10.4. The fraction of sp³-hybridized carbons (Fsp3) is 0.226. The van der Waals surface area contributed by atoms with Crippen LogP contribution in [0.1, 0.15) is 102 Å². The molecule has 6 heteroatoms. The Morgan fingerprint density at radius 2 is 1.49 bits per heavy atom. The van der Waals surface area contributed by atoms with E-state index < -0.39 is 13.7 Å². The molecule has 0 aliphatic rings. The molecule has 8 aromatic rings. The predicted molar refractivity (Wildman–Crippen MR) is 236 cm³/mol. The second-order valence-corrected chi connectivity index (χ2v) is 16.1. The zero-order chi connectivity index (χ0) is 46.3. The Morgan fingerprint density at radius 1 is 0.763 bits per heavy atom. The largest absolute Gasteiger partial charge is 0.500 e. The van der Waals surface area contributed by atoms with Gasteiger partial charge in [-0.1, -0.05) is 133 Å². The minimum absolute atomic E-state index is 0. The number of hydrogen-bond acceptors (Lipinski definition) is 4. The van der Waals surface area contributed by atoms with Gasteiger partial charge in [0.1, 0.15) is 5.58 Å². The van der Waals surface area contributed by atoms with Gasteiger partial charge in [0.15, 0.2) is 0 Å². The van der Waals surface area contributed by atoms with Gasteiger partial charge in [0.2, 0.25) is 0 Å². The van der Waals surface area contributed by atoms with Crippen LogP contribution in [0.3, 0.4) is 0 Å². The van der Waals surface area contributed by atoms with Crippen molar-refractivity contribution in [3.05, 3.63) is 167 Å². The van der Waals surface area contributed by atoms with Crippen molar-refractivity contribution < 1.29 is 37.1 Å². The van der Waals surface area contributed by atoms with Gasteiger partial charge >= 0.3 is 0 Å². The fourth-order valence-electron chi connectivity index (χ4n) is 7.19. The number of fused-ring (bicyclic) bond motifs is 3. The molecule has 0 fully saturated rings. The monoisotopic (exact) mass is 960 g/mol. The summed E-state index contributed by atoms with van der Waals surface area (Å²) in [6, 6.07) is 39.4. The van der Waals surface area contributed by atoms with Gasteiger partial charge in [-0.05, 0) is 86.6 Å². The second kappa shape index (κ2) is 17.6. The number of halogens is 1. The predicted octanol–water partition coefficient (Wildman–Crippen LogP) is 14.5.